The lowest BCUT2D eigenvalue weighted by Crippen LogP contribution is -2.16. The number of thioether (sulfide) groups is 1. The number of hydrogen-bond donors (Lipinski definition) is 0. The molecule has 1 aromatic heterocycles. The standard InChI is InChI=1S/C7H13N2O3PS3/c1-4-11-13(14,12-5-2)9-7(10)16-6(8-9)15-3/h4-5H2,1-3H3. The van der Waals surface area contributed by atoms with Crippen molar-refractivity contribution in [3.8, 4) is 0 Å². The predicted octanol–water partition coefficient (Wildman–Crippen LogP) is 2.17. The van der Waals surface area contributed by atoms with Crippen molar-refractivity contribution in [2.75, 3.05) is 19.5 Å². The fraction of sp³-hybridized carbons (Fsp3) is 0.714. The number of aromatic nitrogens is 2. The summed E-state index contributed by atoms with van der Waals surface area (Å²) in [6.07, 6.45) is 1.85. The Kier molecular flexibility index (Phi) is 5.63. The van der Waals surface area contributed by atoms with Crippen LogP contribution in [0.2, 0.25) is 0 Å². The van der Waals surface area contributed by atoms with Crippen LogP contribution in [0.4, 0.5) is 0 Å². The molecule has 0 saturated heterocycles. The third-order valence-corrected chi connectivity index (χ3v) is 6.43. The second-order valence-electron chi connectivity index (χ2n) is 2.53. The lowest BCUT2D eigenvalue weighted by molar-refractivity contribution is 0.256. The SMILES string of the molecule is CCOP(=S)(OCC)n1nc(SC)sc1=O. The summed E-state index contributed by atoms with van der Waals surface area (Å²) in [5.74, 6) is 0. The van der Waals surface area contributed by atoms with E-state index in [1.165, 1.54) is 16.2 Å². The summed E-state index contributed by atoms with van der Waals surface area (Å²) in [6, 6.07) is 0. The Morgan fingerprint density at radius 2 is 2.06 bits per heavy atom. The maximum atomic E-state index is 11.7. The van der Waals surface area contributed by atoms with Crippen LogP contribution >= 0.6 is 29.7 Å². The van der Waals surface area contributed by atoms with Crippen molar-refractivity contribution in [2.24, 2.45) is 0 Å². The predicted molar refractivity (Wildman–Crippen MR) is 71.1 cm³/mol. The van der Waals surface area contributed by atoms with E-state index in [-0.39, 0.29) is 4.87 Å². The van der Waals surface area contributed by atoms with E-state index in [0.29, 0.717) is 17.6 Å². The minimum absolute atomic E-state index is 0.227. The van der Waals surface area contributed by atoms with Crippen LogP contribution in [0.5, 0.6) is 0 Å². The molecule has 16 heavy (non-hydrogen) atoms. The van der Waals surface area contributed by atoms with Crippen molar-refractivity contribution < 1.29 is 9.05 Å². The fourth-order valence-corrected chi connectivity index (χ4v) is 5.10. The summed E-state index contributed by atoms with van der Waals surface area (Å²) in [5, 5.41) is 4.12. The van der Waals surface area contributed by atoms with Crippen molar-refractivity contribution in [2.45, 2.75) is 18.2 Å². The molecule has 92 valence electrons. The summed E-state index contributed by atoms with van der Waals surface area (Å²) in [7, 11) is 0. The third-order valence-electron chi connectivity index (χ3n) is 1.51. The summed E-state index contributed by atoms with van der Waals surface area (Å²) in [4.78, 5) is 11.5. The first-order chi connectivity index (χ1) is 7.57. The summed E-state index contributed by atoms with van der Waals surface area (Å²) in [6.45, 7) is 1.64. The van der Waals surface area contributed by atoms with Crippen LogP contribution in [0.15, 0.2) is 9.13 Å². The molecule has 0 radical (unpaired) electrons. The molecular formula is C7H13N2O3PS3. The number of nitrogens with zero attached hydrogens (tertiary/aromatic N) is 2. The van der Waals surface area contributed by atoms with Gasteiger partial charge in [0.2, 0.25) is 0 Å². The monoisotopic (exact) mass is 300 g/mol. The molecule has 0 bridgehead atoms. The molecule has 0 fully saturated rings. The minimum Gasteiger partial charge on any atom is -0.313 e. The Balaban J connectivity index is 3.15. The zero-order valence-electron chi connectivity index (χ0n) is 9.21. The summed E-state index contributed by atoms with van der Waals surface area (Å²) >= 11 is 7.74. The highest BCUT2D eigenvalue weighted by Gasteiger charge is 2.25. The zero-order valence-corrected chi connectivity index (χ0v) is 12.5. The normalized spacial score (nSPS) is 11.9. The van der Waals surface area contributed by atoms with E-state index in [1.807, 2.05) is 20.1 Å². The van der Waals surface area contributed by atoms with E-state index in [1.54, 1.807) is 0 Å². The van der Waals surface area contributed by atoms with E-state index in [2.05, 4.69) is 5.10 Å². The van der Waals surface area contributed by atoms with Gasteiger partial charge in [0, 0.05) is 0 Å². The molecule has 0 saturated carbocycles. The quantitative estimate of drug-likeness (QED) is 0.593. The van der Waals surface area contributed by atoms with Crippen molar-refractivity contribution >= 4 is 41.5 Å². The second kappa shape index (κ2) is 6.28. The van der Waals surface area contributed by atoms with Crippen molar-refractivity contribution in [3.05, 3.63) is 9.67 Å². The molecule has 5 nitrogen and oxygen atoms in total. The highest BCUT2D eigenvalue weighted by molar-refractivity contribution is 8.09. The number of hydrogen-bond acceptors (Lipinski definition) is 7. The van der Waals surface area contributed by atoms with Crippen LogP contribution in [0.3, 0.4) is 0 Å². The first-order valence-electron chi connectivity index (χ1n) is 4.61. The molecule has 0 aromatic carbocycles. The molecule has 1 rings (SSSR count). The van der Waals surface area contributed by atoms with Gasteiger partial charge in [0.25, 0.3) is 0 Å². The van der Waals surface area contributed by atoms with Gasteiger partial charge in [0.1, 0.15) is 0 Å². The number of rotatable bonds is 6. The topological polar surface area (TPSA) is 53.4 Å². The van der Waals surface area contributed by atoms with Crippen molar-refractivity contribution in [1.82, 2.24) is 9.55 Å². The van der Waals surface area contributed by atoms with E-state index >= 15 is 0 Å². The van der Waals surface area contributed by atoms with Crippen LogP contribution < -0.4 is 4.87 Å². The van der Waals surface area contributed by atoms with Gasteiger partial charge in [-0.1, -0.05) is 11.8 Å². The van der Waals surface area contributed by atoms with Gasteiger partial charge in [-0.2, -0.15) is 0 Å². The maximum Gasteiger partial charge on any atom is 0.333 e. The van der Waals surface area contributed by atoms with Crippen LogP contribution in [-0.2, 0) is 20.9 Å². The van der Waals surface area contributed by atoms with Gasteiger partial charge >= 0.3 is 11.5 Å². The molecule has 0 aliphatic carbocycles. The first kappa shape index (κ1) is 14.3. The molecule has 0 N–H and O–H groups in total. The highest BCUT2D eigenvalue weighted by atomic mass is 32.5. The lowest BCUT2D eigenvalue weighted by atomic mass is 10.9. The molecule has 0 aliphatic heterocycles. The molecule has 9 heteroatoms. The van der Waals surface area contributed by atoms with Gasteiger partial charge in [-0.05, 0) is 43.2 Å². The smallest absolute Gasteiger partial charge is 0.313 e. The molecule has 0 amide bonds. The largest absolute Gasteiger partial charge is 0.333 e. The molecule has 0 atom stereocenters. The minimum atomic E-state index is -2.78. The maximum absolute atomic E-state index is 11.7. The second-order valence-corrected chi connectivity index (χ2v) is 7.74. The van der Waals surface area contributed by atoms with E-state index in [9.17, 15) is 4.79 Å². The molecule has 1 aromatic rings. The van der Waals surface area contributed by atoms with Crippen molar-refractivity contribution in [1.29, 1.82) is 0 Å². The molecular weight excluding hydrogens is 287 g/mol. The van der Waals surface area contributed by atoms with Gasteiger partial charge in [-0.3, -0.25) is 4.79 Å². The average molecular weight is 300 g/mol. The Bertz CT molecular complexity index is 434. The van der Waals surface area contributed by atoms with Gasteiger partial charge in [-0.25, -0.2) is 0 Å². The summed E-state index contributed by atoms with van der Waals surface area (Å²) < 4.78 is 12.6. The molecule has 1 heterocycles. The van der Waals surface area contributed by atoms with Gasteiger partial charge in [-0.15, -0.1) is 9.55 Å². The van der Waals surface area contributed by atoms with E-state index in [4.69, 9.17) is 20.9 Å². The van der Waals surface area contributed by atoms with Crippen LogP contribution in [-0.4, -0.2) is 29.0 Å². The molecule has 0 aliphatic rings. The Labute approximate surface area is 107 Å². The first-order valence-corrected chi connectivity index (χ1v) is 9.24. The van der Waals surface area contributed by atoms with Gasteiger partial charge < -0.3 is 9.05 Å². The average Bonchev–Trinajstić information content (AvgIpc) is 2.61. The van der Waals surface area contributed by atoms with Gasteiger partial charge in [0.05, 0.1) is 13.2 Å². The van der Waals surface area contributed by atoms with Gasteiger partial charge in [0.15, 0.2) is 4.34 Å². The van der Waals surface area contributed by atoms with Crippen LogP contribution in [0, 0.1) is 0 Å². The Morgan fingerprint density at radius 3 is 2.44 bits per heavy atom. The van der Waals surface area contributed by atoms with E-state index < -0.39 is 6.64 Å². The van der Waals surface area contributed by atoms with Crippen molar-refractivity contribution in [3.63, 3.8) is 0 Å². The zero-order chi connectivity index (χ0) is 12.2. The van der Waals surface area contributed by atoms with Crippen LogP contribution in [0.25, 0.3) is 0 Å². The Morgan fingerprint density at radius 1 is 1.50 bits per heavy atom. The lowest BCUT2D eigenvalue weighted by Gasteiger charge is -2.19. The highest BCUT2D eigenvalue weighted by Crippen LogP contribution is 2.48. The van der Waals surface area contributed by atoms with E-state index in [0.717, 1.165) is 11.3 Å². The fourth-order valence-electron chi connectivity index (χ4n) is 0.964. The molecule has 0 spiro atoms. The van der Waals surface area contributed by atoms with Crippen LogP contribution in [0.1, 0.15) is 13.8 Å². The Hall–Kier alpha value is 0.280. The third kappa shape index (κ3) is 3.15. The summed E-state index contributed by atoms with van der Waals surface area (Å²) in [5.41, 5.74) is 0. The molecule has 0 unspecified atom stereocenters.